The summed E-state index contributed by atoms with van der Waals surface area (Å²) >= 11 is 11.9. The Morgan fingerprint density at radius 1 is 1.18 bits per heavy atom. The van der Waals surface area contributed by atoms with Gasteiger partial charge in [-0.2, -0.15) is 0 Å². The molecule has 7 nitrogen and oxygen atoms in total. The topological polar surface area (TPSA) is 85.5 Å². The van der Waals surface area contributed by atoms with Crippen molar-refractivity contribution in [2.75, 3.05) is 31.2 Å². The number of nitrogen functional groups attached to an aromatic ring is 1. The molecule has 1 saturated heterocycles. The fourth-order valence-electron chi connectivity index (χ4n) is 4.14. The van der Waals surface area contributed by atoms with E-state index >= 15 is 0 Å². The van der Waals surface area contributed by atoms with E-state index in [2.05, 4.69) is 41.0 Å². The van der Waals surface area contributed by atoms with Crippen LogP contribution < -0.4 is 20.5 Å². The third-order valence-corrected chi connectivity index (χ3v) is 6.85. The number of likely N-dealkylation sites (tertiary alicyclic amines) is 1. The molecule has 0 atom stereocenters. The smallest absolute Gasteiger partial charge is 0.185 e. The molecular weight excluding hydrogens is 480 g/mol. The van der Waals surface area contributed by atoms with Crippen molar-refractivity contribution in [3.05, 3.63) is 40.4 Å². The van der Waals surface area contributed by atoms with Gasteiger partial charge in [0, 0.05) is 24.7 Å². The van der Waals surface area contributed by atoms with E-state index in [1.54, 1.807) is 13.2 Å². The standard InChI is InChI=1S/C24H28Cl2FN5O2/c1-24(2,3)32-9-7-13(8-10-32)34-22-17(33-4)11-16-18(21(22)28)23(30-12-29-16)31-15-6-5-14(25)19(26)20(15)27/h5-6,11-13H,7-10,28H2,1-4H3,(H,29,30,31). The van der Waals surface area contributed by atoms with Crippen molar-refractivity contribution in [2.24, 2.45) is 0 Å². The summed E-state index contributed by atoms with van der Waals surface area (Å²) in [5.74, 6) is 0.537. The van der Waals surface area contributed by atoms with E-state index in [0.717, 1.165) is 25.9 Å². The normalized spacial score (nSPS) is 15.5. The Balaban J connectivity index is 1.69. The summed E-state index contributed by atoms with van der Waals surface area (Å²) in [5, 5.41) is 3.40. The average molecular weight is 508 g/mol. The van der Waals surface area contributed by atoms with Crippen LogP contribution in [-0.4, -0.2) is 46.7 Å². The first kappa shape index (κ1) is 24.6. The van der Waals surface area contributed by atoms with Crippen molar-refractivity contribution >= 4 is 51.3 Å². The largest absolute Gasteiger partial charge is 0.493 e. The second kappa shape index (κ2) is 9.60. The lowest BCUT2D eigenvalue weighted by Gasteiger charge is -2.40. The number of methoxy groups -OCH3 is 1. The lowest BCUT2D eigenvalue weighted by atomic mass is 9.99. The number of fused-ring (bicyclic) bond motifs is 1. The maximum atomic E-state index is 14.7. The zero-order chi connectivity index (χ0) is 24.6. The summed E-state index contributed by atoms with van der Waals surface area (Å²) in [6.45, 7) is 8.49. The number of nitrogens with two attached hydrogens (primary N) is 1. The predicted molar refractivity (Wildman–Crippen MR) is 135 cm³/mol. The van der Waals surface area contributed by atoms with Gasteiger partial charge in [0.05, 0.1) is 39.4 Å². The Labute approximate surface area is 208 Å². The molecule has 3 N–H and O–H groups in total. The second-order valence-electron chi connectivity index (χ2n) is 9.26. The predicted octanol–water partition coefficient (Wildman–Crippen LogP) is 6.05. The number of halogens is 3. The third kappa shape index (κ3) is 4.80. The number of benzene rings is 2. The number of nitrogens with one attached hydrogen (secondary N) is 1. The molecule has 1 aliphatic heterocycles. The van der Waals surface area contributed by atoms with Gasteiger partial charge in [0.15, 0.2) is 17.3 Å². The van der Waals surface area contributed by atoms with Crippen LogP contribution in [0.2, 0.25) is 10.0 Å². The van der Waals surface area contributed by atoms with Gasteiger partial charge in [0.1, 0.15) is 18.2 Å². The number of hydrogen-bond donors (Lipinski definition) is 2. The van der Waals surface area contributed by atoms with Gasteiger partial charge in [-0.05, 0) is 45.7 Å². The molecule has 3 aromatic rings. The van der Waals surface area contributed by atoms with Crippen LogP contribution in [0.15, 0.2) is 24.5 Å². The van der Waals surface area contributed by atoms with Crippen LogP contribution in [0, 0.1) is 5.82 Å². The highest BCUT2D eigenvalue weighted by molar-refractivity contribution is 6.42. The Kier molecular flexibility index (Phi) is 6.94. The monoisotopic (exact) mass is 507 g/mol. The van der Waals surface area contributed by atoms with Crippen molar-refractivity contribution in [1.82, 2.24) is 14.9 Å². The minimum absolute atomic E-state index is 0.0131. The van der Waals surface area contributed by atoms with Gasteiger partial charge < -0.3 is 20.5 Å². The van der Waals surface area contributed by atoms with Crippen LogP contribution in [0.1, 0.15) is 33.6 Å². The Morgan fingerprint density at radius 3 is 2.53 bits per heavy atom. The Bertz CT molecular complexity index is 1210. The molecular formula is C24H28Cl2FN5O2. The molecule has 1 fully saturated rings. The molecule has 2 aromatic carbocycles. The zero-order valence-electron chi connectivity index (χ0n) is 19.6. The molecule has 0 spiro atoms. The fraction of sp³-hybridized carbons (Fsp3) is 0.417. The minimum Gasteiger partial charge on any atom is -0.493 e. The van der Waals surface area contributed by atoms with Crippen molar-refractivity contribution in [2.45, 2.75) is 45.3 Å². The molecule has 0 unspecified atom stereocenters. The SMILES string of the molecule is COc1cc2ncnc(Nc3ccc(Cl)c(Cl)c3F)c2c(N)c1OC1CCN(C(C)(C)C)CC1. The Hall–Kier alpha value is -2.55. The number of hydrogen-bond acceptors (Lipinski definition) is 7. The van der Waals surface area contributed by atoms with Crippen molar-refractivity contribution in [3.8, 4) is 11.5 Å². The molecule has 0 amide bonds. The number of anilines is 3. The fourth-order valence-corrected chi connectivity index (χ4v) is 4.45. The van der Waals surface area contributed by atoms with Gasteiger partial charge in [-0.25, -0.2) is 14.4 Å². The molecule has 0 saturated carbocycles. The molecule has 1 aromatic heterocycles. The van der Waals surface area contributed by atoms with Crippen LogP contribution in [0.25, 0.3) is 10.9 Å². The maximum absolute atomic E-state index is 14.7. The number of rotatable bonds is 5. The minimum atomic E-state index is -0.685. The molecule has 4 rings (SSSR count). The third-order valence-electron chi connectivity index (χ3n) is 6.07. The molecule has 10 heteroatoms. The maximum Gasteiger partial charge on any atom is 0.185 e. The molecule has 0 bridgehead atoms. The summed E-state index contributed by atoms with van der Waals surface area (Å²) in [7, 11) is 1.56. The highest BCUT2D eigenvalue weighted by Crippen LogP contribution is 2.43. The lowest BCUT2D eigenvalue weighted by Crippen LogP contribution is -2.48. The van der Waals surface area contributed by atoms with E-state index in [4.69, 9.17) is 38.4 Å². The molecule has 182 valence electrons. The number of aromatic nitrogens is 2. The summed E-state index contributed by atoms with van der Waals surface area (Å²) in [6, 6.07) is 4.73. The van der Waals surface area contributed by atoms with Crippen LogP contribution in [-0.2, 0) is 0 Å². The summed E-state index contributed by atoms with van der Waals surface area (Å²) in [4.78, 5) is 11.0. The quantitative estimate of drug-likeness (QED) is 0.321. The highest BCUT2D eigenvalue weighted by Gasteiger charge is 2.29. The van der Waals surface area contributed by atoms with Crippen LogP contribution in [0.5, 0.6) is 11.5 Å². The van der Waals surface area contributed by atoms with Crippen molar-refractivity contribution in [1.29, 1.82) is 0 Å². The molecule has 2 heterocycles. The molecule has 0 aliphatic carbocycles. The van der Waals surface area contributed by atoms with E-state index in [1.165, 1.54) is 18.5 Å². The first-order valence-electron chi connectivity index (χ1n) is 11.0. The zero-order valence-corrected chi connectivity index (χ0v) is 21.1. The van der Waals surface area contributed by atoms with Crippen LogP contribution in [0.4, 0.5) is 21.6 Å². The molecule has 34 heavy (non-hydrogen) atoms. The average Bonchev–Trinajstić information content (AvgIpc) is 2.80. The number of nitrogens with zero attached hydrogens (tertiary/aromatic N) is 3. The summed E-state index contributed by atoms with van der Waals surface area (Å²) in [6.07, 6.45) is 3.08. The van der Waals surface area contributed by atoms with Crippen LogP contribution >= 0.6 is 23.2 Å². The summed E-state index contributed by atoms with van der Waals surface area (Å²) in [5.41, 5.74) is 7.65. The van der Waals surface area contributed by atoms with Crippen molar-refractivity contribution < 1.29 is 13.9 Å². The number of ether oxygens (including phenoxy) is 2. The van der Waals surface area contributed by atoms with Gasteiger partial charge >= 0.3 is 0 Å². The van der Waals surface area contributed by atoms with Gasteiger partial charge in [-0.1, -0.05) is 23.2 Å². The van der Waals surface area contributed by atoms with E-state index < -0.39 is 5.82 Å². The van der Waals surface area contributed by atoms with E-state index in [9.17, 15) is 4.39 Å². The highest BCUT2D eigenvalue weighted by atomic mass is 35.5. The van der Waals surface area contributed by atoms with E-state index in [1.807, 2.05) is 0 Å². The van der Waals surface area contributed by atoms with E-state index in [0.29, 0.717) is 33.9 Å². The first-order chi connectivity index (χ1) is 16.1. The Morgan fingerprint density at radius 2 is 1.88 bits per heavy atom. The first-order valence-corrected chi connectivity index (χ1v) is 11.8. The second-order valence-corrected chi connectivity index (χ2v) is 10.0. The lowest BCUT2D eigenvalue weighted by molar-refractivity contribution is 0.0484. The van der Waals surface area contributed by atoms with Gasteiger partial charge in [-0.3, -0.25) is 4.90 Å². The van der Waals surface area contributed by atoms with Gasteiger partial charge in [-0.15, -0.1) is 0 Å². The van der Waals surface area contributed by atoms with Crippen molar-refractivity contribution in [3.63, 3.8) is 0 Å². The number of piperidine rings is 1. The van der Waals surface area contributed by atoms with Crippen LogP contribution in [0.3, 0.4) is 0 Å². The van der Waals surface area contributed by atoms with Gasteiger partial charge in [0.25, 0.3) is 0 Å². The van der Waals surface area contributed by atoms with E-state index in [-0.39, 0.29) is 27.4 Å². The molecule has 0 radical (unpaired) electrons. The molecule has 1 aliphatic rings. The van der Waals surface area contributed by atoms with Gasteiger partial charge in [0.2, 0.25) is 0 Å². The summed E-state index contributed by atoms with van der Waals surface area (Å²) < 4.78 is 26.6.